The van der Waals surface area contributed by atoms with Gasteiger partial charge in [-0.1, -0.05) is 37.0 Å². The molecular weight excluding hydrogens is 363 g/mol. The lowest BCUT2D eigenvalue weighted by molar-refractivity contribution is -0.112. The highest BCUT2D eigenvalue weighted by Gasteiger charge is 2.19. The number of aromatic nitrogens is 2. The van der Waals surface area contributed by atoms with Crippen LogP contribution in [0.15, 0.2) is 36.7 Å². The van der Waals surface area contributed by atoms with Crippen molar-refractivity contribution in [2.75, 3.05) is 12.4 Å². The van der Waals surface area contributed by atoms with Crippen LogP contribution in [0.1, 0.15) is 19.5 Å². The van der Waals surface area contributed by atoms with Gasteiger partial charge in [0.25, 0.3) is 0 Å². The summed E-state index contributed by atoms with van der Waals surface area (Å²) < 4.78 is 5.26. The first kappa shape index (κ1) is 20.7. The largest absolute Gasteiger partial charge is 0.476 e. The quantitative estimate of drug-likeness (QED) is 0.767. The molecule has 1 atom stereocenters. The molecular formula is C17H20Cl2N4O2. The Morgan fingerprint density at radius 2 is 1.88 bits per heavy atom. The van der Waals surface area contributed by atoms with E-state index in [0.29, 0.717) is 33.5 Å². The fourth-order valence-corrected chi connectivity index (χ4v) is 2.01. The number of pyridine rings is 2. The molecule has 6 nitrogen and oxygen atoms in total. The molecule has 1 aliphatic rings. The van der Waals surface area contributed by atoms with Crippen LogP contribution < -0.4 is 15.8 Å². The van der Waals surface area contributed by atoms with Crippen molar-refractivity contribution in [2.24, 2.45) is 5.73 Å². The van der Waals surface area contributed by atoms with E-state index < -0.39 is 6.10 Å². The van der Waals surface area contributed by atoms with Crippen LogP contribution >= 0.6 is 23.2 Å². The first-order valence-corrected chi connectivity index (χ1v) is 8.33. The molecule has 1 unspecified atom stereocenters. The maximum atomic E-state index is 10.5. The second-order valence-corrected chi connectivity index (χ2v) is 5.33. The Labute approximate surface area is 157 Å². The summed E-state index contributed by atoms with van der Waals surface area (Å²) in [4.78, 5) is 18.5. The molecule has 134 valence electrons. The molecule has 0 aromatic carbocycles. The molecule has 0 aliphatic carbocycles. The van der Waals surface area contributed by atoms with Crippen molar-refractivity contribution >= 4 is 41.0 Å². The lowest BCUT2D eigenvalue weighted by atomic mass is 10.1. The number of aldehydes is 1. The van der Waals surface area contributed by atoms with Crippen LogP contribution in [0.25, 0.3) is 5.70 Å². The normalized spacial score (nSPS) is 14.3. The molecule has 0 amide bonds. The third-order valence-electron chi connectivity index (χ3n) is 2.82. The lowest BCUT2D eigenvalue weighted by Crippen LogP contribution is -2.22. The van der Waals surface area contributed by atoms with Gasteiger partial charge in [0, 0.05) is 25.5 Å². The number of fused-ring (bicyclic) bond motifs is 1. The number of hydrogen-bond donors (Lipinski definition) is 2. The smallest absolute Gasteiger partial charge is 0.174 e. The standard InChI is InChI=1S/C9H7ClN2O2.C6H7ClN2.C2H6/c10-5-1-8-9(12-3-5)7(11)2-6(4-13)14-8;1-8-6-3-2-5(7)4-9-6;1-2/h1-4,6H,11H2;2-4H,1H3,(H,8,9);1-2H3. The zero-order valence-corrected chi connectivity index (χ0v) is 15.7. The minimum Gasteiger partial charge on any atom is -0.476 e. The van der Waals surface area contributed by atoms with Gasteiger partial charge < -0.3 is 15.8 Å². The highest BCUT2D eigenvalue weighted by Crippen LogP contribution is 2.29. The summed E-state index contributed by atoms with van der Waals surface area (Å²) in [6, 6.07) is 5.20. The predicted molar refractivity (Wildman–Crippen MR) is 102 cm³/mol. The molecule has 0 bridgehead atoms. The van der Waals surface area contributed by atoms with Gasteiger partial charge in [-0.05, 0) is 18.2 Å². The zero-order chi connectivity index (χ0) is 18.8. The van der Waals surface area contributed by atoms with Crippen LogP contribution in [0.2, 0.25) is 10.0 Å². The van der Waals surface area contributed by atoms with E-state index in [1.54, 1.807) is 18.3 Å². The Morgan fingerprint density at radius 1 is 1.20 bits per heavy atom. The predicted octanol–water partition coefficient (Wildman–Crippen LogP) is 3.80. The van der Waals surface area contributed by atoms with E-state index >= 15 is 0 Å². The van der Waals surface area contributed by atoms with Gasteiger partial charge in [-0.25, -0.2) is 9.97 Å². The van der Waals surface area contributed by atoms with Gasteiger partial charge in [-0.15, -0.1) is 0 Å². The summed E-state index contributed by atoms with van der Waals surface area (Å²) in [5.41, 5.74) is 6.63. The third kappa shape index (κ3) is 6.25. The number of carbonyl (C=O) groups excluding carboxylic acids is 1. The Kier molecular flexibility index (Phi) is 8.74. The van der Waals surface area contributed by atoms with Crippen molar-refractivity contribution in [3.63, 3.8) is 0 Å². The van der Waals surface area contributed by atoms with Crippen LogP contribution in [-0.4, -0.2) is 29.4 Å². The number of halogens is 2. The number of anilines is 1. The van der Waals surface area contributed by atoms with E-state index in [-0.39, 0.29) is 0 Å². The Balaban J connectivity index is 0.000000246. The van der Waals surface area contributed by atoms with Crippen LogP contribution in [0, 0.1) is 0 Å². The molecule has 0 saturated heterocycles. The molecule has 2 aromatic rings. The van der Waals surface area contributed by atoms with Gasteiger partial charge >= 0.3 is 0 Å². The van der Waals surface area contributed by atoms with Gasteiger partial charge in [-0.2, -0.15) is 0 Å². The van der Waals surface area contributed by atoms with Gasteiger partial charge in [0.1, 0.15) is 17.3 Å². The fourth-order valence-electron chi connectivity index (χ4n) is 1.75. The molecule has 3 rings (SSSR count). The summed E-state index contributed by atoms with van der Waals surface area (Å²) in [6.07, 6.45) is 4.61. The van der Waals surface area contributed by atoms with E-state index in [2.05, 4.69) is 15.3 Å². The van der Waals surface area contributed by atoms with Gasteiger partial charge in [0.15, 0.2) is 12.4 Å². The second-order valence-electron chi connectivity index (χ2n) is 4.45. The summed E-state index contributed by atoms with van der Waals surface area (Å²) in [5.74, 6) is 1.27. The van der Waals surface area contributed by atoms with Crippen molar-refractivity contribution in [1.82, 2.24) is 9.97 Å². The molecule has 2 aromatic heterocycles. The molecule has 1 aliphatic heterocycles. The number of nitrogens with one attached hydrogen (secondary N) is 1. The van der Waals surface area contributed by atoms with Gasteiger partial charge in [0.05, 0.1) is 15.7 Å². The molecule has 25 heavy (non-hydrogen) atoms. The van der Waals surface area contributed by atoms with Gasteiger partial charge in [0.2, 0.25) is 0 Å². The highest BCUT2D eigenvalue weighted by molar-refractivity contribution is 6.30. The Morgan fingerprint density at radius 3 is 2.44 bits per heavy atom. The third-order valence-corrected chi connectivity index (χ3v) is 3.25. The van der Waals surface area contributed by atoms with E-state index in [1.165, 1.54) is 12.3 Å². The van der Waals surface area contributed by atoms with E-state index in [4.69, 9.17) is 33.7 Å². The number of nitrogens with two attached hydrogens (primary N) is 1. The van der Waals surface area contributed by atoms with Gasteiger partial charge in [-0.3, -0.25) is 4.79 Å². The number of carbonyl (C=O) groups is 1. The molecule has 0 saturated carbocycles. The van der Waals surface area contributed by atoms with E-state index in [0.717, 1.165) is 5.82 Å². The van der Waals surface area contributed by atoms with Crippen molar-refractivity contribution in [1.29, 1.82) is 0 Å². The number of rotatable bonds is 2. The number of ether oxygens (including phenoxy) is 1. The molecule has 3 N–H and O–H groups in total. The highest BCUT2D eigenvalue weighted by atomic mass is 35.5. The number of hydrogen-bond acceptors (Lipinski definition) is 6. The molecule has 3 heterocycles. The Bertz CT molecular complexity index is 721. The first-order valence-electron chi connectivity index (χ1n) is 7.58. The molecule has 8 heteroatoms. The average Bonchev–Trinajstić information content (AvgIpc) is 2.64. The zero-order valence-electron chi connectivity index (χ0n) is 14.2. The second kappa shape index (κ2) is 10.5. The van der Waals surface area contributed by atoms with Crippen molar-refractivity contribution in [3.05, 3.63) is 52.4 Å². The first-order chi connectivity index (χ1) is 12.0. The average molecular weight is 383 g/mol. The molecule has 0 radical (unpaired) electrons. The van der Waals surface area contributed by atoms with Crippen LogP contribution in [0.3, 0.4) is 0 Å². The van der Waals surface area contributed by atoms with E-state index in [9.17, 15) is 4.79 Å². The summed E-state index contributed by atoms with van der Waals surface area (Å²) in [5, 5.41) is 3.99. The number of nitrogens with zero attached hydrogens (tertiary/aromatic N) is 2. The fraction of sp³-hybridized carbons (Fsp3) is 0.235. The van der Waals surface area contributed by atoms with Crippen LogP contribution in [-0.2, 0) is 4.79 Å². The topological polar surface area (TPSA) is 90.1 Å². The summed E-state index contributed by atoms with van der Waals surface area (Å²) in [7, 11) is 1.82. The lowest BCUT2D eigenvalue weighted by Gasteiger charge is -2.19. The van der Waals surface area contributed by atoms with Crippen molar-refractivity contribution < 1.29 is 9.53 Å². The van der Waals surface area contributed by atoms with Crippen molar-refractivity contribution in [3.8, 4) is 5.75 Å². The minimum absolute atomic E-state index is 0.431. The Hall–Kier alpha value is -2.31. The van der Waals surface area contributed by atoms with Crippen molar-refractivity contribution in [2.45, 2.75) is 20.0 Å². The maximum Gasteiger partial charge on any atom is 0.174 e. The molecule has 0 spiro atoms. The summed E-state index contributed by atoms with van der Waals surface area (Å²) in [6.45, 7) is 4.00. The summed E-state index contributed by atoms with van der Waals surface area (Å²) >= 11 is 11.3. The van der Waals surface area contributed by atoms with E-state index in [1.807, 2.05) is 27.0 Å². The molecule has 0 fully saturated rings. The minimum atomic E-state index is -0.650. The van der Waals surface area contributed by atoms with Crippen LogP contribution in [0.5, 0.6) is 5.75 Å². The monoisotopic (exact) mass is 382 g/mol. The SMILES string of the molecule is CC.CNc1ccc(Cl)cn1.NC1=CC(C=O)Oc2cc(Cl)cnc21. The maximum absolute atomic E-state index is 10.5. The van der Waals surface area contributed by atoms with Crippen LogP contribution in [0.4, 0.5) is 5.82 Å².